The number of para-hydroxylation sites is 2. The summed E-state index contributed by atoms with van der Waals surface area (Å²) in [4.78, 5) is 28.7. The Bertz CT molecular complexity index is 824. The third-order valence-corrected chi connectivity index (χ3v) is 4.44. The molecule has 0 bridgehead atoms. The molecule has 0 radical (unpaired) electrons. The Morgan fingerprint density at radius 3 is 2.69 bits per heavy atom. The van der Waals surface area contributed by atoms with E-state index in [-0.39, 0.29) is 17.4 Å². The Labute approximate surface area is 152 Å². The van der Waals surface area contributed by atoms with Crippen molar-refractivity contribution in [2.75, 3.05) is 24.6 Å². The van der Waals surface area contributed by atoms with Gasteiger partial charge in [-0.2, -0.15) is 0 Å². The van der Waals surface area contributed by atoms with Gasteiger partial charge in [0.25, 0.3) is 5.91 Å². The largest absolute Gasteiger partial charge is 0.492 e. The van der Waals surface area contributed by atoms with Gasteiger partial charge < -0.3 is 14.5 Å². The average Bonchev–Trinajstić information content (AvgIpc) is 2.64. The highest BCUT2D eigenvalue weighted by Gasteiger charge is 2.36. The number of rotatable bonds is 4. The number of carbonyl (C=O) groups excluding carboxylic acids is 2. The summed E-state index contributed by atoms with van der Waals surface area (Å²) in [7, 11) is 0. The van der Waals surface area contributed by atoms with E-state index in [1.807, 2.05) is 31.2 Å². The minimum absolute atomic E-state index is 0.187. The zero-order valence-electron chi connectivity index (χ0n) is 14.8. The molecule has 1 aliphatic rings. The predicted molar refractivity (Wildman–Crippen MR) is 96.9 cm³/mol. The molecule has 1 heterocycles. The lowest BCUT2D eigenvalue weighted by atomic mass is 10.1. The Morgan fingerprint density at radius 1 is 1.19 bits per heavy atom. The lowest BCUT2D eigenvalue weighted by Gasteiger charge is -2.39. The summed E-state index contributed by atoms with van der Waals surface area (Å²) < 4.78 is 19.0. The first-order valence-electron chi connectivity index (χ1n) is 8.62. The summed E-state index contributed by atoms with van der Waals surface area (Å²) in [5, 5.41) is 0. The number of halogens is 1. The van der Waals surface area contributed by atoms with Crippen LogP contribution in [0.25, 0.3) is 0 Å². The molecule has 2 aromatic carbocycles. The van der Waals surface area contributed by atoms with Crippen LogP contribution in [0.2, 0.25) is 0 Å². The van der Waals surface area contributed by atoms with Crippen LogP contribution in [-0.2, 0) is 4.79 Å². The smallest absolute Gasteiger partial charge is 0.254 e. The Balaban J connectivity index is 1.82. The van der Waals surface area contributed by atoms with Gasteiger partial charge in [-0.25, -0.2) is 4.39 Å². The van der Waals surface area contributed by atoms with Gasteiger partial charge in [-0.05, 0) is 44.2 Å². The maximum atomic E-state index is 13.4. The molecule has 1 saturated heterocycles. The van der Waals surface area contributed by atoms with Gasteiger partial charge in [-0.3, -0.25) is 9.59 Å². The highest BCUT2D eigenvalue weighted by Crippen LogP contribution is 2.30. The van der Waals surface area contributed by atoms with Crippen LogP contribution in [0, 0.1) is 5.82 Å². The summed E-state index contributed by atoms with van der Waals surface area (Å²) in [6, 6.07) is 12.2. The van der Waals surface area contributed by atoms with Crippen LogP contribution >= 0.6 is 0 Å². The second-order valence-electron chi connectivity index (χ2n) is 6.08. The van der Waals surface area contributed by atoms with Gasteiger partial charge in [0.1, 0.15) is 17.6 Å². The topological polar surface area (TPSA) is 49.9 Å². The molecule has 6 heteroatoms. The molecule has 0 unspecified atom stereocenters. The molecule has 26 heavy (non-hydrogen) atoms. The van der Waals surface area contributed by atoms with Gasteiger partial charge in [0.15, 0.2) is 0 Å². The SMILES string of the molecule is CCOc1ccccc1N1CCN(C(=O)c2cccc(F)c2)[C@@H](C)C1=O. The van der Waals surface area contributed by atoms with E-state index in [0.29, 0.717) is 31.1 Å². The van der Waals surface area contributed by atoms with Crippen LogP contribution < -0.4 is 9.64 Å². The van der Waals surface area contributed by atoms with Crippen molar-refractivity contribution in [3.05, 3.63) is 59.9 Å². The number of hydrogen-bond acceptors (Lipinski definition) is 3. The van der Waals surface area contributed by atoms with Gasteiger partial charge in [-0.15, -0.1) is 0 Å². The molecule has 0 N–H and O–H groups in total. The highest BCUT2D eigenvalue weighted by molar-refractivity contribution is 6.04. The van der Waals surface area contributed by atoms with Crippen molar-refractivity contribution in [3.63, 3.8) is 0 Å². The minimum Gasteiger partial charge on any atom is -0.492 e. The Hall–Kier alpha value is -2.89. The fourth-order valence-electron chi connectivity index (χ4n) is 3.13. The molecule has 5 nitrogen and oxygen atoms in total. The zero-order chi connectivity index (χ0) is 18.7. The second-order valence-corrected chi connectivity index (χ2v) is 6.08. The number of amides is 2. The number of benzene rings is 2. The van der Waals surface area contributed by atoms with Crippen LogP contribution in [0.1, 0.15) is 24.2 Å². The van der Waals surface area contributed by atoms with Gasteiger partial charge in [-0.1, -0.05) is 18.2 Å². The Morgan fingerprint density at radius 2 is 1.96 bits per heavy atom. The van der Waals surface area contributed by atoms with E-state index in [2.05, 4.69) is 0 Å². The molecule has 0 spiro atoms. The lowest BCUT2D eigenvalue weighted by molar-refractivity contribution is -0.124. The molecular formula is C20H21FN2O3. The molecule has 2 amide bonds. The molecule has 136 valence electrons. The molecule has 0 saturated carbocycles. The number of ether oxygens (including phenoxy) is 1. The summed E-state index contributed by atoms with van der Waals surface area (Å²) in [6.07, 6.45) is 0. The average molecular weight is 356 g/mol. The molecule has 2 aromatic rings. The van der Waals surface area contributed by atoms with Crippen molar-refractivity contribution in [2.24, 2.45) is 0 Å². The van der Waals surface area contributed by atoms with Crippen LogP contribution in [-0.4, -0.2) is 42.5 Å². The summed E-state index contributed by atoms with van der Waals surface area (Å²) in [5.41, 5.74) is 0.942. The van der Waals surface area contributed by atoms with Gasteiger partial charge in [0.05, 0.1) is 12.3 Å². The molecule has 3 rings (SSSR count). The van der Waals surface area contributed by atoms with E-state index in [1.165, 1.54) is 23.1 Å². The van der Waals surface area contributed by atoms with E-state index in [0.717, 1.165) is 0 Å². The standard InChI is InChI=1S/C20H21FN2O3/c1-3-26-18-10-5-4-9-17(18)23-12-11-22(14(2)19(23)24)20(25)15-7-6-8-16(21)13-15/h4-10,13-14H,3,11-12H2,1-2H3/t14-/m0/s1. The summed E-state index contributed by atoms with van der Waals surface area (Å²) in [5.74, 6) is -0.365. The van der Waals surface area contributed by atoms with E-state index in [1.54, 1.807) is 17.9 Å². The summed E-state index contributed by atoms with van der Waals surface area (Å²) in [6.45, 7) is 4.79. The zero-order valence-corrected chi connectivity index (χ0v) is 14.8. The molecule has 1 atom stereocenters. The van der Waals surface area contributed by atoms with Crippen LogP contribution in [0.4, 0.5) is 10.1 Å². The fourth-order valence-corrected chi connectivity index (χ4v) is 3.13. The number of nitrogens with zero attached hydrogens (tertiary/aromatic N) is 2. The van der Waals surface area contributed by atoms with Crippen molar-refractivity contribution in [1.82, 2.24) is 4.90 Å². The van der Waals surface area contributed by atoms with Gasteiger partial charge in [0, 0.05) is 18.7 Å². The van der Waals surface area contributed by atoms with Crippen molar-refractivity contribution in [3.8, 4) is 5.75 Å². The third kappa shape index (κ3) is 3.40. The predicted octanol–water partition coefficient (Wildman–Crippen LogP) is 3.10. The maximum absolute atomic E-state index is 13.4. The fraction of sp³-hybridized carbons (Fsp3) is 0.300. The second kappa shape index (κ2) is 7.56. The first-order valence-corrected chi connectivity index (χ1v) is 8.62. The quantitative estimate of drug-likeness (QED) is 0.846. The number of carbonyl (C=O) groups is 2. The molecule has 0 aromatic heterocycles. The van der Waals surface area contributed by atoms with Crippen LogP contribution in [0.5, 0.6) is 5.75 Å². The number of hydrogen-bond donors (Lipinski definition) is 0. The highest BCUT2D eigenvalue weighted by atomic mass is 19.1. The number of anilines is 1. The van der Waals surface area contributed by atoms with E-state index in [9.17, 15) is 14.0 Å². The van der Waals surface area contributed by atoms with E-state index < -0.39 is 11.9 Å². The molecule has 1 aliphatic heterocycles. The van der Waals surface area contributed by atoms with E-state index >= 15 is 0 Å². The summed E-state index contributed by atoms with van der Waals surface area (Å²) >= 11 is 0. The lowest BCUT2D eigenvalue weighted by Crippen LogP contribution is -2.57. The van der Waals surface area contributed by atoms with Crippen molar-refractivity contribution in [1.29, 1.82) is 0 Å². The van der Waals surface area contributed by atoms with Crippen molar-refractivity contribution in [2.45, 2.75) is 19.9 Å². The Kier molecular flexibility index (Phi) is 5.21. The first-order chi connectivity index (χ1) is 12.5. The molecule has 0 aliphatic carbocycles. The maximum Gasteiger partial charge on any atom is 0.254 e. The van der Waals surface area contributed by atoms with Crippen LogP contribution in [0.15, 0.2) is 48.5 Å². The van der Waals surface area contributed by atoms with E-state index in [4.69, 9.17) is 4.74 Å². The third-order valence-electron chi connectivity index (χ3n) is 4.44. The van der Waals surface area contributed by atoms with Gasteiger partial charge >= 0.3 is 0 Å². The normalized spacial score (nSPS) is 17.3. The molecule has 1 fully saturated rings. The number of piperazine rings is 1. The minimum atomic E-state index is -0.644. The van der Waals surface area contributed by atoms with Crippen LogP contribution in [0.3, 0.4) is 0 Å². The van der Waals surface area contributed by atoms with Crippen molar-refractivity contribution >= 4 is 17.5 Å². The first kappa shape index (κ1) is 17.9. The van der Waals surface area contributed by atoms with Crippen molar-refractivity contribution < 1.29 is 18.7 Å². The van der Waals surface area contributed by atoms with Gasteiger partial charge in [0.2, 0.25) is 5.91 Å². The molecular weight excluding hydrogens is 335 g/mol. The monoisotopic (exact) mass is 356 g/mol.